The number of nitrogens with one attached hydrogen (secondary N) is 2. The summed E-state index contributed by atoms with van der Waals surface area (Å²) >= 11 is 0. The first-order valence-electron chi connectivity index (χ1n) is 4.37. The van der Waals surface area contributed by atoms with Gasteiger partial charge in [0.2, 0.25) is 5.91 Å². The average Bonchev–Trinajstić information content (AvgIpc) is 2.03. The fourth-order valence-electron chi connectivity index (χ4n) is 1.19. The Morgan fingerprint density at radius 2 is 1.82 bits per heavy atom. The van der Waals surface area contributed by atoms with E-state index in [0.717, 1.165) is 26.1 Å². The van der Waals surface area contributed by atoms with Gasteiger partial charge in [-0.3, -0.25) is 4.79 Å². The van der Waals surface area contributed by atoms with Gasteiger partial charge < -0.3 is 10.6 Å². The molecule has 1 aliphatic rings. The summed E-state index contributed by atoms with van der Waals surface area (Å²) in [6.07, 6.45) is 4.19. The molecular formula is C8H16N2O. The van der Waals surface area contributed by atoms with Crippen LogP contribution in [-0.4, -0.2) is 25.5 Å². The van der Waals surface area contributed by atoms with Crippen molar-refractivity contribution in [2.24, 2.45) is 0 Å². The summed E-state index contributed by atoms with van der Waals surface area (Å²) in [5.41, 5.74) is 0. The summed E-state index contributed by atoms with van der Waals surface area (Å²) in [5.74, 6) is 0.180. The highest BCUT2D eigenvalue weighted by Crippen LogP contribution is 1.94. The fourth-order valence-corrected chi connectivity index (χ4v) is 1.19. The highest BCUT2D eigenvalue weighted by atomic mass is 16.1. The fraction of sp³-hybridized carbons (Fsp3) is 0.875. The molecule has 0 unspecified atom stereocenters. The molecule has 11 heavy (non-hydrogen) atoms. The lowest BCUT2D eigenvalue weighted by molar-refractivity contribution is -0.121. The molecule has 1 saturated heterocycles. The van der Waals surface area contributed by atoms with Gasteiger partial charge in [0.05, 0.1) is 0 Å². The van der Waals surface area contributed by atoms with Gasteiger partial charge in [-0.1, -0.05) is 6.42 Å². The molecule has 1 heterocycles. The zero-order valence-electron chi connectivity index (χ0n) is 6.86. The maximum atomic E-state index is 10.9. The van der Waals surface area contributed by atoms with Crippen molar-refractivity contribution in [1.82, 2.24) is 10.6 Å². The van der Waals surface area contributed by atoms with E-state index in [0.29, 0.717) is 6.42 Å². The van der Waals surface area contributed by atoms with E-state index in [9.17, 15) is 4.79 Å². The number of amides is 1. The summed E-state index contributed by atoms with van der Waals surface area (Å²) < 4.78 is 0. The Bertz CT molecular complexity index is 113. The summed E-state index contributed by atoms with van der Waals surface area (Å²) in [6, 6.07) is 0. The quantitative estimate of drug-likeness (QED) is 0.528. The van der Waals surface area contributed by atoms with Crippen molar-refractivity contribution in [2.75, 3.05) is 19.6 Å². The van der Waals surface area contributed by atoms with E-state index in [1.165, 1.54) is 12.8 Å². The van der Waals surface area contributed by atoms with Gasteiger partial charge in [-0.25, -0.2) is 0 Å². The van der Waals surface area contributed by atoms with Gasteiger partial charge in [0.25, 0.3) is 0 Å². The Balaban J connectivity index is 2.17. The molecule has 0 aromatic rings. The van der Waals surface area contributed by atoms with Crippen LogP contribution in [0, 0.1) is 0 Å². The van der Waals surface area contributed by atoms with E-state index in [1.54, 1.807) is 0 Å². The van der Waals surface area contributed by atoms with Crippen LogP contribution in [0.4, 0.5) is 0 Å². The van der Waals surface area contributed by atoms with Crippen molar-refractivity contribution >= 4 is 5.91 Å². The van der Waals surface area contributed by atoms with E-state index in [-0.39, 0.29) is 5.91 Å². The van der Waals surface area contributed by atoms with Crippen molar-refractivity contribution in [1.29, 1.82) is 0 Å². The van der Waals surface area contributed by atoms with Crippen LogP contribution >= 0.6 is 0 Å². The molecule has 1 fully saturated rings. The Morgan fingerprint density at radius 1 is 1.00 bits per heavy atom. The maximum Gasteiger partial charge on any atom is 0.221 e. The van der Waals surface area contributed by atoms with Crippen molar-refractivity contribution in [3.63, 3.8) is 0 Å². The SMILES string of the molecule is O=C1CCNCCCCCN1. The Kier molecular flexibility index (Phi) is 3.98. The van der Waals surface area contributed by atoms with Crippen LogP contribution in [-0.2, 0) is 4.79 Å². The van der Waals surface area contributed by atoms with Crippen molar-refractivity contribution < 1.29 is 4.79 Å². The minimum Gasteiger partial charge on any atom is -0.356 e. The molecule has 1 amide bonds. The van der Waals surface area contributed by atoms with Crippen LogP contribution in [0.2, 0.25) is 0 Å². The highest BCUT2D eigenvalue weighted by Gasteiger charge is 2.01. The van der Waals surface area contributed by atoms with Gasteiger partial charge in [-0.15, -0.1) is 0 Å². The van der Waals surface area contributed by atoms with Gasteiger partial charge in [-0.05, 0) is 19.4 Å². The van der Waals surface area contributed by atoms with Gasteiger partial charge in [0, 0.05) is 19.5 Å². The third kappa shape index (κ3) is 3.98. The Labute approximate surface area is 67.5 Å². The van der Waals surface area contributed by atoms with E-state index >= 15 is 0 Å². The standard InChI is InChI=1S/C8H16N2O/c11-8-4-7-9-5-2-1-3-6-10-8/h9H,1-7H2,(H,10,11). The van der Waals surface area contributed by atoms with Crippen LogP contribution in [0.1, 0.15) is 25.7 Å². The van der Waals surface area contributed by atoms with E-state index in [2.05, 4.69) is 10.6 Å². The van der Waals surface area contributed by atoms with Crippen LogP contribution in [0.5, 0.6) is 0 Å². The summed E-state index contributed by atoms with van der Waals surface area (Å²) in [4.78, 5) is 10.9. The monoisotopic (exact) mass is 156 g/mol. The molecule has 1 rings (SSSR count). The molecule has 0 aliphatic carbocycles. The third-order valence-electron chi connectivity index (χ3n) is 1.88. The van der Waals surface area contributed by atoms with Gasteiger partial charge >= 0.3 is 0 Å². The minimum atomic E-state index is 0.180. The van der Waals surface area contributed by atoms with Gasteiger partial charge in [0.15, 0.2) is 0 Å². The molecule has 1 aliphatic heterocycles. The molecule has 0 bridgehead atoms. The summed E-state index contributed by atoms with van der Waals surface area (Å²) in [5, 5.41) is 6.10. The first-order chi connectivity index (χ1) is 5.39. The third-order valence-corrected chi connectivity index (χ3v) is 1.88. The van der Waals surface area contributed by atoms with E-state index < -0.39 is 0 Å². The zero-order valence-corrected chi connectivity index (χ0v) is 6.86. The first kappa shape index (κ1) is 8.53. The number of rotatable bonds is 0. The summed E-state index contributed by atoms with van der Waals surface area (Å²) in [7, 11) is 0. The number of carbonyl (C=O) groups excluding carboxylic acids is 1. The molecule has 2 N–H and O–H groups in total. The second-order valence-corrected chi connectivity index (χ2v) is 2.91. The molecule has 3 nitrogen and oxygen atoms in total. The number of carbonyl (C=O) groups is 1. The lowest BCUT2D eigenvalue weighted by atomic mass is 10.2. The number of hydrogen-bond acceptors (Lipinski definition) is 2. The molecule has 3 heteroatoms. The molecule has 0 aromatic heterocycles. The largest absolute Gasteiger partial charge is 0.356 e. The molecule has 0 saturated carbocycles. The predicted octanol–water partition coefficient (Wildman–Crippen LogP) is 0.266. The van der Waals surface area contributed by atoms with E-state index in [1.807, 2.05) is 0 Å². The Hall–Kier alpha value is -0.570. The zero-order chi connectivity index (χ0) is 7.94. The van der Waals surface area contributed by atoms with Crippen LogP contribution in [0.25, 0.3) is 0 Å². The molecule has 0 aromatic carbocycles. The van der Waals surface area contributed by atoms with Gasteiger partial charge in [0.1, 0.15) is 0 Å². The van der Waals surface area contributed by atoms with Crippen LogP contribution in [0.3, 0.4) is 0 Å². The lowest BCUT2D eigenvalue weighted by Crippen LogP contribution is -2.30. The predicted molar refractivity (Wildman–Crippen MR) is 44.3 cm³/mol. The molecule has 64 valence electrons. The van der Waals surface area contributed by atoms with Crippen LogP contribution in [0.15, 0.2) is 0 Å². The molecule has 0 radical (unpaired) electrons. The summed E-state index contributed by atoms with van der Waals surface area (Å²) in [6.45, 7) is 2.75. The molecular weight excluding hydrogens is 140 g/mol. The normalized spacial score (nSPS) is 22.4. The topological polar surface area (TPSA) is 41.1 Å². The number of hydrogen-bond donors (Lipinski definition) is 2. The smallest absolute Gasteiger partial charge is 0.221 e. The maximum absolute atomic E-state index is 10.9. The second kappa shape index (κ2) is 5.13. The van der Waals surface area contributed by atoms with Crippen molar-refractivity contribution in [3.05, 3.63) is 0 Å². The molecule has 0 spiro atoms. The second-order valence-electron chi connectivity index (χ2n) is 2.91. The van der Waals surface area contributed by atoms with Crippen LogP contribution < -0.4 is 10.6 Å². The van der Waals surface area contributed by atoms with Crippen molar-refractivity contribution in [2.45, 2.75) is 25.7 Å². The lowest BCUT2D eigenvalue weighted by Gasteiger charge is -2.09. The first-order valence-corrected chi connectivity index (χ1v) is 4.37. The molecule has 0 atom stereocenters. The van der Waals surface area contributed by atoms with Gasteiger partial charge in [-0.2, -0.15) is 0 Å². The minimum absolute atomic E-state index is 0.180. The average molecular weight is 156 g/mol. The van der Waals surface area contributed by atoms with E-state index in [4.69, 9.17) is 0 Å². The Morgan fingerprint density at radius 3 is 2.73 bits per heavy atom. The van der Waals surface area contributed by atoms with Crippen molar-refractivity contribution in [3.8, 4) is 0 Å². The highest BCUT2D eigenvalue weighted by molar-refractivity contribution is 5.75.